The zero-order chi connectivity index (χ0) is 22.8. The number of hydrogen-bond donors (Lipinski definition) is 1. The summed E-state index contributed by atoms with van der Waals surface area (Å²) in [5.41, 5.74) is 1.02. The van der Waals surface area contributed by atoms with E-state index in [2.05, 4.69) is 10.3 Å². The fourth-order valence-corrected chi connectivity index (χ4v) is 4.40. The van der Waals surface area contributed by atoms with Gasteiger partial charge in [0.05, 0.1) is 24.3 Å². The van der Waals surface area contributed by atoms with Crippen molar-refractivity contribution < 1.29 is 18.7 Å². The molecule has 2 heterocycles. The molecule has 1 amide bonds. The molecule has 0 aliphatic rings. The summed E-state index contributed by atoms with van der Waals surface area (Å²) in [6.45, 7) is -0.348. The number of nitrogens with zero attached hydrogens (tertiary/aromatic N) is 2. The number of methoxy groups -OCH3 is 1. The largest absolute Gasteiger partial charge is 0.465 e. The Morgan fingerprint density at radius 1 is 1.22 bits per heavy atom. The Labute approximate surface area is 190 Å². The van der Waals surface area contributed by atoms with Gasteiger partial charge in [-0.3, -0.25) is 14.2 Å². The fourth-order valence-electron chi connectivity index (χ4n) is 3.20. The molecule has 0 aliphatic heterocycles. The number of aromatic nitrogens is 2. The fraction of sp³-hybridized carbons (Fsp3) is 0.0909. The van der Waals surface area contributed by atoms with Gasteiger partial charge in [-0.2, -0.15) is 0 Å². The average molecular weight is 472 g/mol. The van der Waals surface area contributed by atoms with Gasteiger partial charge in [0.25, 0.3) is 5.56 Å². The second-order valence-electron chi connectivity index (χ2n) is 6.71. The summed E-state index contributed by atoms with van der Waals surface area (Å²) in [6, 6.07) is 10.6. The predicted octanol–water partition coefficient (Wildman–Crippen LogP) is 4.34. The maximum Gasteiger partial charge on any atom is 0.341 e. The lowest BCUT2D eigenvalue weighted by Gasteiger charge is -2.10. The Balaban J connectivity index is 1.64. The second-order valence-corrected chi connectivity index (χ2v) is 8.00. The van der Waals surface area contributed by atoms with E-state index in [4.69, 9.17) is 16.3 Å². The van der Waals surface area contributed by atoms with Gasteiger partial charge >= 0.3 is 5.97 Å². The Kier molecular flexibility index (Phi) is 6.02. The molecule has 162 valence electrons. The maximum absolute atomic E-state index is 13.3. The van der Waals surface area contributed by atoms with E-state index in [0.29, 0.717) is 16.1 Å². The SMILES string of the molecule is COC(=O)c1c(-c2ccccc2Cl)csc1NC(=O)Cn1cnc2cc(F)ccc2c1=O. The monoisotopic (exact) mass is 471 g/mol. The number of benzene rings is 2. The van der Waals surface area contributed by atoms with Crippen molar-refractivity contribution in [2.45, 2.75) is 6.54 Å². The van der Waals surface area contributed by atoms with Gasteiger partial charge in [0.1, 0.15) is 22.9 Å². The Bertz CT molecular complexity index is 1420. The molecule has 7 nitrogen and oxygen atoms in total. The number of anilines is 1. The van der Waals surface area contributed by atoms with Gasteiger partial charge in [-0.05, 0) is 18.2 Å². The molecule has 32 heavy (non-hydrogen) atoms. The van der Waals surface area contributed by atoms with Crippen LogP contribution in [-0.2, 0) is 16.1 Å². The van der Waals surface area contributed by atoms with Gasteiger partial charge in [0, 0.05) is 27.6 Å². The number of esters is 1. The number of rotatable bonds is 5. The molecule has 2 aromatic heterocycles. The molecule has 0 unspecified atom stereocenters. The predicted molar refractivity (Wildman–Crippen MR) is 121 cm³/mol. The first-order valence-electron chi connectivity index (χ1n) is 9.28. The molecule has 1 N–H and O–H groups in total. The summed E-state index contributed by atoms with van der Waals surface area (Å²) < 4.78 is 19.3. The highest BCUT2D eigenvalue weighted by Gasteiger charge is 2.23. The molecule has 4 aromatic rings. The maximum atomic E-state index is 13.3. The lowest BCUT2D eigenvalue weighted by Crippen LogP contribution is -2.28. The number of nitrogens with one attached hydrogen (secondary N) is 1. The van der Waals surface area contributed by atoms with Crippen LogP contribution in [0.2, 0.25) is 5.02 Å². The lowest BCUT2D eigenvalue weighted by atomic mass is 10.0. The van der Waals surface area contributed by atoms with E-state index in [1.807, 2.05) is 0 Å². The van der Waals surface area contributed by atoms with E-state index < -0.39 is 23.3 Å². The van der Waals surface area contributed by atoms with Crippen molar-refractivity contribution in [2.24, 2.45) is 0 Å². The number of amides is 1. The van der Waals surface area contributed by atoms with Gasteiger partial charge in [0.15, 0.2) is 0 Å². The first-order valence-corrected chi connectivity index (χ1v) is 10.5. The molecular weight excluding hydrogens is 457 g/mol. The van der Waals surface area contributed by atoms with E-state index >= 15 is 0 Å². The van der Waals surface area contributed by atoms with E-state index in [1.165, 1.54) is 19.5 Å². The molecule has 0 atom stereocenters. The van der Waals surface area contributed by atoms with Crippen LogP contribution in [0.4, 0.5) is 9.39 Å². The Morgan fingerprint density at radius 2 is 2.00 bits per heavy atom. The first kappa shape index (κ1) is 21.7. The van der Waals surface area contributed by atoms with Crippen molar-refractivity contribution >= 4 is 50.7 Å². The van der Waals surface area contributed by atoms with Crippen LogP contribution in [0.25, 0.3) is 22.0 Å². The molecule has 2 aromatic carbocycles. The van der Waals surface area contributed by atoms with E-state index in [0.717, 1.165) is 28.0 Å². The van der Waals surface area contributed by atoms with Gasteiger partial charge < -0.3 is 10.1 Å². The second kappa shape index (κ2) is 8.89. The first-order chi connectivity index (χ1) is 15.4. The minimum atomic E-state index is -0.636. The molecule has 0 saturated heterocycles. The van der Waals surface area contributed by atoms with Crippen LogP contribution in [0.5, 0.6) is 0 Å². The Morgan fingerprint density at radius 3 is 2.75 bits per heavy atom. The van der Waals surface area contributed by atoms with Gasteiger partial charge in [-0.25, -0.2) is 14.2 Å². The Hall–Kier alpha value is -3.56. The molecule has 4 rings (SSSR count). The van der Waals surface area contributed by atoms with Gasteiger partial charge in [0.2, 0.25) is 5.91 Å². The third kappa shape index (κ3) is 4.12. The minimum Gasteiger partial charge on any atom is -0.465 e. The number of ether oxygens (including phenoxy) is 1. The van der Waals surface area contributed by atoms with Crippen molar-refractivity contribution in [2.75, 3.05) is 12.4 Å². The molecule has 0 spiro atoms. The van der Waals surface area contributed by atoms with Crippen LogP contribution in [0, 0.1) is 5.82 Å². The topological polar surface area (TPSA) is 90.3 Å². The highest BCUT2D eigenvalue weighted by atomic mass is 35.5. The van der Waals surface area contributed by atoms with Crippen LogP contribution >= 0.6 is 22.9 Å². The third-order valence-electron chi connectivity index (χ3n) is 4.70. The van der Waals surface area contributed by atoms with Crippen LogP contribution in [0.15, 0.2) is 59.0 Å². The van der Waals surface area contributed by atoms with Crippen molar-refractivity contribution in [3.8, 4) is 11.1 Å². The molecular formula is C22H15ClFN3O4S. The van der Waals surface area contributed by atoms with Crippen LogP contribution in [-0.4, -0.2) is 28.5 Å². The van der Waals surface area contributed by atoms with Crippen molar-refractivity contribution in [1.29, 1.82) is 0 Å². The molecule has 0 radical (unpaired) electrons. The zero-order valence-corrected chi connectivity index (χ0v) is 18.2. The van der Waals surface area contributed by atoms with E-state index in [-0.39, 0.29) is 28.0 Å². The normalized spacial score (nSPS) is 10.8. The number of halogens is 2. The zero-order valence-electron chi connectivity index (χ0n) is 16.6. The molecule has 0 fully saturated rings. The summed E-state index contributed by atoms with van der Waals surface area (Å²) in [4.78, 5) is 41.8. The van der Waals surface area contributed by atoms with Crippen LogP contribution < -0.4 is 10.9 Å². The summed E-state index contributed by atoms with van der Waals surface area (Å²) >= 11 is 7.41. The highest BCUT2D eigenvalue weighted by molar-refractivity contribution is 7.15. The molecule has 10 heteroatoms. The molecule has 0 bridgehead atoms. The smallest absolute Gasteiger partial charge is 0.341 e. The van der Waals surface area contributed by atoms with Crippen LogP contribution in [0.3, 0.4) is 0 Å². The molecule has 0 aliphatic carbocycles. The lowest BCUT2D eigenvalue weighted by molar-refractivity contribution is -0.116. The van der Waals surface area contributed by atoms with E-state index in [9.17, 15) is 18.8 Å². The van der Waals surface area contributed by atoms with Crippen molar-refractivity contribution in [3.63, 3.8) is 0 Å². The number of hydrogen-bond acceptors (Lipinski definition) is 6. The molecule has 0 saturated carbocycles. The number of carbonyl (C=O) groups is 2. The summed E-state index contributed by atoms with van der Waals surface area (Å²) in [5, 5.41) is 5.25. The van der Waals surface area contributed by atoms with Crippen molar-refractivity contribution in [3.05, 3.63) is 80.9 Å². The van der Waals surface area contributed by atoms with Crippen LogP contribution in [0.1, 0.15) is 10.4 Å². The average Bonchev–Trinajstić information content (AvgIpc) is 3.18. The number of thiophene rings is 1. The summed E-state index contributed by atoms with van der Waals surface area (Å²) in [6.07, 6.45) is 1.18. The van der Waals surface area contributed by atoms with Crippen molar-refractivity contribution in [1.82, 2.24) is 9.55 Å². The van der Waals surface area contributed by atoms with E-state index in [1.54, 1.807) is 29.6 Å². The third-order valence-corrected chi connectivity index (χ3v) is 5.92. The number of fused-ring (bicyclic) bond motifs is 1. The quantitative estimate of drug-likeness (QED) is 0.437. The minimum absolute atomic E-state index is 0.165. The number of carbonyl (C=O) groups excluding carboxylic acids is 2. The highest BCUT2D eigenvalue weighted by Crippen LogP contribution is 2.39. The standard InChI is InChI=1S/C22H15ClFN3O4S/c1-31-22(30)19-15(13-4-2-3-5-16(13)23)10-32-20(19)26-18(28)9-27-11-25-17-8-12(24)6-7-14(17)21(27)29/h2-8,10-11H,9H2,1H3,(H,26,28). The van der Waals surface area contributed by atoms with Gasteiger partial charge in [-0.1, -0.05) is 29.8 Å². The summed E-state index contributed by atoms with van der Waals surface area (Å²) in [7, 11) is 1.24. The van der Waals surface area contributed by atoms with Gasteiger partial charge in [-0.15, -0.1) is 11.3 Å². The summed E-state index contributed by atoms with van der Waals surface area (Å²) in [5.74, 6) is -1.70.